The third-order valence-corrected chi connectivity index (χ3v) is 2.77. The van der Waals surface area contributed by atoms with Crippen LogP contribution in [0.1, 0.15) is 39.5 Å². The molecule has 1 aliphatic carbocycles. The highest BCUT2D eigenvalue weighted by Gasteiger charge is 2.22. The maximum absolute atomic E-state index is 9.10. The Kier molecular flexibility index (Phi) is 6.28. The fourth-order valence-electron chi connectivity index (χ4n) is 1.92. The largest absolute Gasteiger partial charge is 0.391 e. The van der Waals surface area contributed by atoms with Crippen LogP contribution >= 0.6 is 0 Å². The average molecular weight is 232 g/mol. The molecule has 1 fully saturated rings. The summed E-state index contributed by atoms with van der Waals surface area (Å²) in [6.45, 7) is 4.31. The van der Waals surface area contributed by atoms with Crippen LogP contribution in [0.4, 0.5) is 0 Å². The van der Waals surface area contributed by atoms with Gasteiger partial charge in [-0.25, -0.2) is 0 Å². The molecule has 1 rings (SSSR count). The zero-order valence-electron chi connectivity index (χ0n) is 10.3. The second kappa shape index (κ2) is 7.22. The first-order valence-corrected chi connectivity index (χ1v) is 6.17. The molecule has 0 saturated heterocycles. The SMILES string of the molecule is CC(O)COC1CCC(OCC(C)O)CC1. The van der Waals surface area contributed by atoms with E-state index in [1.807, 2.05) is 0 Å². The molecule has 0 radical (unpaired) electrons. The van der Waals surface area contributed by atoms with Crippen molar-refractivity contribution in [2.24, 2.45) is 0 Å². The standard InChI is InChI=1S/C12H24O4/c1-9(13)7-15-11-3-5-12(6-4-11)16-8-10(2)14/h9-14H,3-8H2,1-2H3. The maximum atomic E-state index is 9.10. The molecule has 96 valence electrons. The van der Waals surface area contributed by atoms with E-state index in [0.717, 1.165) is 25.7 Å². The maximum Gasteiger partial charge on any atom is 0.0745 e. The van der Waals surface area contributed by atoms with Gasteiger partial charge in [0, 0.05) is 0 Å². The molecule has 0 heterocycles. The van der Waals surface area contributed by atoms with Crippen molar-refractivity contribution in [2.75, 3.05) is 13.2 Å². The van der Waals surface area contributed by atoms with E-state index in [1.165, 1.54) is 0 Å². The summed E-state index contributed by atoms with van der Waals surface area (Å²) in [7, 11) is 0. The number of ether oxygens (including phenoxy) is 2. The number of aliphatic hydroxyl groups is 2. The molecule has 0 aromatic rings. The molecule has 1 aliphatic rings. The van der Waals surface area contributed by atoms with E-state index in [-0.39, 0.29) is 24.4 Å². The van der Waals surface area contributed by atoms with Gasteiger partial charge in [0.15, 0.2) is 0 Å². The molecular weight excluding hydrogens is 208 g/mol. The quantitative estimate of drug-likeness (QED) is 0.720. The van der Waals surface area contributed by atoms with Crippen LogP contribution in [-0.2, 0) is 9.47 Å². The predicted molar refractivity (Wildman–Crippen MR) is 61.3 cm³/mol. The Labute approximate surface area is 97.6 Å². The number of hydrogen-bond donors (Lipinski definition) is 2. The first kappa shape index (κ1) is 13.9. The van der Waals surface area contributed by atoms with E-state index in [1.54, 1.807) is 13.8 Å². The average Bonchev–Trinajstić information content (AvgIpc) is 2.25. The predicted octanol–water partition coefficient (Wildman–Crippen LogP) is 1.09. The minimum Gasteiger partial charge on any atom is -0.391 e. The smallest absolute Gasteiger partial charge is 0.0745 e. The Morgan fingerprint density at radius 3 is 1.44 bits per heavy atom. The summed E-state index contributed by atoms with van der Waals surface area (Å²) < 4.78 is 11.1. The highest BCUT2D eigenvalue weighted by atomic mass is 16.5. The molecule has 4 nitrogen and oxygen atoms in total. The highest BCUT2D eigenvalue weighted by molar-refractivity contribution is 4.73. The van der Waals surface area contributed by atoms with Crippen molar-refractivity contribution in [1.29, 1.82) is 0 Å². The molecule has 2 N–H and O–H groups in total. The van der Waals surface area contributed by atoms with E-state index in [4.69, 9.17) is 19.7 Å². The van der Waals surface area contributed by atoms with Crippen LogP contribution in [0.15, 0.2) is 0 Å². The van der Waals surface area contributed by atoms with E-state index in [9.17, 15) is 0 Å². The Bertz CT molecular complexity index is 154. The van der Waals surface area contributed by atoms with E-state index in [2.05, 4.69) is 0 Å². The highest BCUT2D eigenvalue weighted by Crippen LogP contribution is 2.23. The third kappa shape index (κ3) is 5.80. The summed E-state index contributed by atoms with van der Waals surface area (Å²) in [6.07, 6.45) is 3.69. The first-order valence-electron chi connectivity index (χ1n) is 6.17. The minimum absolute atomic E-state index is 0.265. The van der Waals surface area contributed by atoms with Gasteiger partial charge < -0.3 is 19.7 Å². The van der Waals surface area contributed by atoms with Crippen LogP contribution in [0.5, 0.6) is 0 Å². The summed E-state index contributed by atoms with van der Waals surface area (Å²) in [5, 5.41) is 18.2. The molecule has 0 aromatic heterocycles. The van der Waals surface area contributed by atoms with Gasteiger partial charge in [-0.15, -0.1) is 0 Å². The fraction of sp³-hybridized carbons (Fsp3) is 1.00. The molecule has 0 spiro atoms. The van der Waals surface area contributed by atoms with Gasteiger partial charge >= 0.3 is 0 Å². The first-order chi connectivity index (χ1) is 7.58. The number of aliphatic hydroxyl groups excluding tert-OH is 2. The van der Waals surface area contributed by atoms with Crippen molar-refractivity contribution in [1.82, 2.24) is 0 Å². The van der Waals surface area contributed by atoms with Crippen LogP contribution in [0.2, 0.25) is 0 Å². The lowest BCUT2D eigenvalue weighted by molar-refractivity contribution is -0.0634. The summed E-state index contributed by atoms with van der Waals surface area (Å²) in [6, 6.07) is 0. The second-order valence-corrected chi connectivity index (χ2v) is 4.76. The molecule has 0 aliphatic heterocycles. The lowest BCUT2D eigenvalue weighted by Crippen LogP contribution is -2.29. The summed E-state index contributed by atoms with van der Waals surface area (Å²) in [4.78, 5) is 0. The number of rotatable bonds is 6. The van der Waals surface area contributed by atoms with Gasteiger partial charge in [-0.1, -0.05) is 0 Å². The van der Waals surface area contributed by atoms with Crippen LogP contribution in [0, 0.1) is 0 Å². The zero-order chi connectivity index (χ0) is 12.0. The normalized spacial score (nSPS) is 30.0. The lowest BCUT2D eigenvalue weighted by atomic mass is 9.95. The zero-order valence-corrected chi connectivity index (χ0v) is 10.3. The molecular formula is C12H24O4. The van der Waals surface area contributed by atoms with Gasteiger partial charge in [0.25, 0.3) is 0 Å². The van der Waals surface area contributed by atoms with Gasteiger partial charge in [0.05, 0.1) is 37.6 Å². The van der Waals surface area contributed by atoms with Crippen molar-refractivity contribution in [3.63, 3.8) is 0 Å². The van der Waals surface area contributed by atoms with Crippen molar-refractivity contribution in [3.8, 4) is 0 Å². The molecule has 2 unspecified atom stereocenters. The fourth-order valence-corrected chi connectivity index (χ4v) is 1.92. The Hall–Kier alpha value is -0.160. The van der Waals surface area contributed by atoms with Crippen molar-refractivity contribution in [3.05, 3.63) is 0 Å². The summed E-state index contributed by atoms with van der Waals surface area (Å²) in [5.74, 6) is 0. The van der Waals surface area contributed by atoms with Crippen molar-refractivity contribution >= 4 is 0 Å². The topological polar surface area (TPSA) is 58.9 Å². The van der Waals surface area contributed by atoms with Gasteiger partial charge in [-0.3, -0.25) is 0 Å². The van der Waals surface area contributed by atoms with Crippen LogP contribution in [-0.4, -0.2) is 47.8 Å². The lowest BCUT2D eigenvalue weighted by Gasteiger charge is -2.29. The second-order valence-electron chi connectivity index (χ2n) is 4.76. The van der Waals surface area contributed by atoms with E-state index in [0.29, 0.717) is 13.2 Å². The monoisotopic (exact) mass is 232 g/mol. The summed E-state index contributed by atoms with van der Waals surface area (Å²) in [5.41, 5.74) is 0. The van der Waals surface area contributed by atoms with Crippen molar-refractivity contribution < 1.29 is 19.7 Å². The molecule has 0 bridgehead atoms. The van der Waals surface area contributed by atoms with Gasteiger partial charge in [0.1, 0.15) is 0 Å². The van der Waals surface area contributed by atoms with Gasteiger partial charge in [-0.2, -0.15) is 0 Å². The Morgan fingerprint density at radius 2 is 1.19 bits per heavy atom. The molecule has 2 atom stereocenters. The van der Waals surface area contributed by atoms with Crippen LogP contribution in [0.3, 0.4) is 0 Å². The van der Waals surface area contributed by atoms with E-state index >= 15 is 0 Å². The Morgan fingerprint density at radius 1 is 0.875 bits per heavy atom. The van der Waals surface area contributed by atoms with Crippen LogP contribution < -0.4 is 0 Å². The Balaban J connectivity index is 2.09. The number of hydrogen-bond acceptors (Lipinski definition) is 4. The van der Waals surface area contributed by atoms with Gasteiger partial charge in [0.2, 0.25) is 0 Å². The summed E-state index contributed by atoms with van der Waals surface area (Å²) >= 11 is 0. The molecule has 0 amide bonds. The molecule has 16 heavy (non-hydrogen) atoms. The third-order valence-electron chi connectivity index (χ3n) is 2.77. The van der Waals surface area contributed by atoms with Gasteiger partial charge in [-0.05, 0) is 39.5 Å². The molecule has 0 aromatic carbocycles. The van der Waals surface area contributed by atoms with Crippen molar-refractivity contribution in [2.45, 2.75) is 63.9 Å². The van der Waals surface area contributed by atoms with Crippen LogP contribution in [0.25, 0.3) is 0 Å². The minimum atomic E-state index is -0.385. The molecule has 4 heteroatoms. The molecule has 1 saturated carbocycles. The van der Waals surface area contributed by atoms with E-state index < -0.39 is 0 Å².